The number of amides is 1. The number of hydrogen-bond acceptors (Lipinski definition) is 2. The van der Waals surface area contributed by atoms with Crippen molar-refractivity contribution < 1.29 is 9.53 Å². The lowest BCUT2D eigenvalue weighted by molar-refractivity contribution is 0.00349. The molecular weight excluding hydrogens is 202 g/mol. The van der Waals surface area contributed by atoms with Crippen molar-refractivity contribution in [3.63, 3.8) is 0 Å². The third kappa shape index (κ3) is 2.89. The lowest BCUT2D eigenvalue weighted by atomic mass is 10.0. The molecule has 0 aromatic heterocycles. The van der Waals surface area contributed by atoms with Crippen molar-refractivity contribution in [1.29, 1.82) is 0 Å². The number of carbonyl (C=O) groups excluding carboxylic acids is 1. The molecule has 0 aliphatic carbocycles. The highest BCUT2D eigenvalue weighted by molar-refractivity contribution is 5.70. The molecule has 0 spiro atoms. The predicted molar refractivity (Wildman–Crippen MR) is 65.5 cm³/mol. The molecule has 1 saturated heterocycles. The summed E-state index contributed by atoms with van der Waals surface area (Å²) < 4.78 is 5.48. The van der Waals surface area contributed by atoms with Gasteiger partial charge in [0.15, 0.2) is 0 Å². The van der Waals surface area contributed by atoms with Gasteiger partial charge in [-0.1, -0.05) is 6.92 Å². The number of hydrogen-bond donors (Lipinski definition) is 0. The Morgan fingerprint density at radius 1 is 1.44 bits per heavy atom. The number of rotatable bonds is 1. The van der Waals surface area contributed by atoms with Crippen molar-refractivity contribution in [2.24, 2.45) is 0 Å². The first-order chi connectivity index (χ1) is 7.17. The number of likely N-dealkylation sites (tertiary alicyclic amines) is 1. The van der Waals surface area contributed by atoms with Crippen molar-refractivity contribution in [2.45, 2.75) is 78.0 Å². The monoisotopic (exact) mass is 227 g/mol. The maximum absolute atomic E-state index is 12.1. The first-order valence-corrected chi connectivity index (χ1v) is 6.19. The van der Waals surface area contributed by atoms with Gasteiger partial charge in [0.25, 0.3) is 0 Å². The highest BCUT2D eigenvalue weighted by atomic mass is 16.6. The van der Waals surface area contributed by atoms with Gasteiger partial charge in [0, 0.05) is 11.6 Å². The number of nitrogens with zero attached hydrogens (tertiary/aromatic N) is 1. The summed E-state index contributed by atoms with van der Waals surface area (Å²) in [5.41, 5.74) is -0.475. The summed E-state index contributed by atoms with van der Waals surface area (Å²) in [5.74, 6) is 0. The minimum Gasteiger partial charge on any atom is -0.444 e. The molecule has 0 N–H and O–H groups in total. The first kappa shape index (κ1) is 13.3. The molecule has 1 rings (SSSR count). The second-order valence-corrected chi connectivity index (χ2v) is 6.26. The van der Waals surface area contributed by atoms with E-state index in [1.807, 2.05) is 25.7 Å². The molecule has 3 heteroatoms. The van der Waals surface area contributed by atoms with Gasteiger partial charge in [-0.2, -0.15) is 0 Å². The smallest absolute Gasteiger partial charge is 0.410 e. The van der Waals surface area contributed by atoms with E-state index >= 15 is 0 Å². The Bertz CT molecular complexity index is 266. The Labute approximate surface area is 99.1 Å². The molecule has 94 valence electrons. The zero-order valence-corrected chi connectivity index (χ0v) is 11.5. The molecule has 1 heterocycles. The standard InChI is InChI=1S/C13H25NO2/c1-7-10-8-9-13(5,6)14(10)11(15)16-12(2,3)4/h10H,7-9H2,1-6H3/t10-/m0/s1. The fraction of sp³-hybridized carbons (Fsp3) is 0.923. The molecule has 1 aliphatic heterocycles. The van der Waals surface area contributed by atoms with Crippen molar-refractivity contribution in [1.82, 2.24) is 4.90 Å². The molecule has 0 aromatic carbocycles. The summed E-state index contributed by atoms with van der Waals surface area (Å²) in [5, 5.41) is 0. The Morgan fingerprint density at radius 3 is 2.44 bits per heavy atom. The SMILES string of the molecule is CC[C@H]1CCC(C)(C)N1C(=O)OC(C)(C)C. The van der Waals surface area contributed by atoms with E-state index in [1.165, 1.54) is 0 Å². The first-order valence-electron chi connectivity index (χ1n) is 6.19. The summed E-state index contributed by atoms with van der Waals surface area (Å²) >= 11 is 0. The maximum atomic E-state index is 12.1. The molecule has 0 aromatic rings. The lowest BCUT2D eigenvalue weighted by Crippen LogP contribution is -2.49. The zero-order valence-electron chi connectivity index (χ0n) is 11.5. The molecule has 1 aliphatic rings. The van der Waals surface area contributed by atoms with E-state index in [0.717, 1.165) is 19.3 Å². The van der Waals surface area contributed by atoms with Crippen LogP contribution in [0.4, 0.5) is 4.79 Å². The van der Waals surface area contributed by atoms with E-state index in [0.29, 0.717) is 6.04 Å². The highest BCUT2D eigenvalue weighted by Gasteiger charge is 2.43. The van der Waals surface area contributed by atoms with E-state index in [1.54, 1.807) is 0 Å². The summed E-state index contributed by atoms with van der Waals surface area (Å²) in [4.78, 5) is 14.1. The Kier molecular flexibility index (Phi) is 3.56. The Hall–Kier alpha value is -0.730. The van der Waals surface area contributed by atoms with E-state index in [4.69, 9.17) is 4.74 Å². The van der Waals surface area contributed by atoms with Crippen molar-refractivity contribution in [3.8, 4) is 0 Å². The number of ether oxygens (including phenoxy) is 1. The molecule has 0 radical (unpaired) electrons. The molecule has 16 heavy (non-hydrogen) atoms. The molecular formula is C13H25NO2. The van der Waals surface area contributed by atoms with Crippen LogP contribution in [0.5, 0.6) is 0 Å². The molecule has 0 unspecified atom stereocenters. The van der Waals surface area contributed by atoms with Gasteiger partial charge in [-0.05, 0) is 53.9 Å². The largest absolute Gasteiger partial charge is 0.444 e. The summed E-state index contributed by atoms with van der Waals surface area (Å²) in [7, 11) is 0. The average molecular weight is 227 g/mol. The highest BCUT2D eigenvalue weighted by Crippen LogP contribution is 2.35. The van der Waals surface area contributed by atoms with Gasteiger partial charge in [0.05, 0.1) is 0 Å². The van der Waals surface area contributed by atoms with Gasteiger partial charge in [-0.25, -0.2) is 4.79 Å². The Morgan fingerprint density at radius 2 is 2.00 bits per heavy atom. The quantitative estimate of drug-likeness (QED) is 0.685. The fourth-order valence-corrected chi connectivity index (χ4v) is 2.36. The minimum absolute atomic E-state index is 0.0665. The van der Waals surface area contributed by atoms with Crippen molar-refractivity contribution >= 4 is 6.09 Å². The summed E-state index contributed by atoms with van der Waals surface area (Å²) in [6.45, 7) is 12.1. The maximum Gasteiger partial charge on any atom is 0.410 e. The van der Waals surface area contributed by atoms with Crippen LogP contribution in [0.2, 0.25) is 0 Å². The molecule has 0 saturated carbocycles. The summed E-state index contributed by atoms with van der Waals surface area (Å²) in [6.07, 6.45) is 2.98. The van der Waals surface area contributed by atoms with Crippen LogP contribution < -0.4 is 0 Å². The van der Waals surface area contributed by atoms with Gasteiger partial charge >= 0.3 is 6.09 Å². The van der Waals surface area contributed by atoms with Crippen LogP contribution in [-0.4, -0.2) is 28.2 Å². The number of carbonyl (C=O) groups is 1. The van der Waals surface area contributed by atoms with E-state index in [9.17, 15) is 4.79 Å². The zero-order chi connectivity index (χ0) is 12.6. The van der Waals surface area contributed by atoms with Gasteiger partial charge in [0.1, 0.15) is 5.60 Å². The van der Waals surface area contributed by atoms with Crippen LogP contribution in [0.25, 0.3) is 0 Å². The fourth-order valence-electron chi connectivity index (χ4n) is 2.36. The van der Waals surface area contributed by atoms with Crippen molar-refractivity contribution in [3.05, 3.63) is 0 Å². The average Bonchev–Trinajstić information content (AvgIpc) is 2.37. The van der Waals surface area contributed by atoms with Gasteiger partial charge in [0.2, 0.25) is 0 Å². The summed E-state index contributed by atoms with van der Waals surface area (Å²) in [6, 6.07) is 0.338. The second kappa shape index (κ2) is 4.27. The molecule has 1 atom stereocenters. The molecule has 3 nitrogen and oxygen atoms in total. The molecule has 1 fully saturated rings. The van der Waals surface area contributed by atoms with Crippen LogP contribution >= 0.6 is 0 Å². The third-order valence-corrected chi connectivity index (χ3v) is 3.17. The van der Waals surface area contributed by atoms with E-state index in [2.05, 4.69) is 20.8 Å². The van der Waals surface area contributed by atoms with Crippen LogP contribution in [0.15, 0.2) is 0 Å². The lowest BCUT2D eigenvalue weighted by Gasteiger charge is -2.36. The predicted octanol–water partition coefficient (Wildman–Crippen LogP) is 3.57. The minimum atomic E-state index is -0.409. The third-order valence-electron chi connectivity index (χ3n) is 3.17. The van der Waals surface area contributed by atoms with Crippen molar-refractivity contribution in [2.75, 3.05) is 0 Å². The van der Waals surface area contributed by atoms with Gasteiger partial charge in [-0.15, -0.1) is 0 Å². The van der Waals surface area contributed by atoms with Crippen LogP contribution in [0, 0.1) is 0 Å². The van der Waals surface area contributed by atoms with E-state index < -0.39 is 5.60 Å². The normalized spacial score (nSPS) is 24.6. The van der Waals surface area contributed by atoms with E-state index in [-0.39, 0.29) is 11.6 Å². The van der Waals surface area contributed by atoms with Crippen LogP contribution in [0.1, 0.15) is 60.8 Å². The van der Waals surface area contributed by atoms with Gasteiger partial charge < -0.3 is 9.64 Å². The Balaban J connectivity index is 2.79. The molecule has 1 amide bonds. The van der Waals surface area contributed by atoms with Crippen LogP contribution in [0.3, 0.4) is 0 Å². The molecule has 0 bridgehead atoms. The second-order valence-electron chi connectivity index (χ2n) is 6.26. The van der Waals surface area contributed by atoms with Crippen LogP contribution in [-0.2, 0) is 4.74 Å². The van der Waals surface area contributed by atoms with Gasteiger partial charge in [-0.3, -0.25) is 0 Å². The topological polar surface area (TPSA) is 29.5 Å².